The number of tetrazole rings is 1. The molecule has 0 atom stereocenters. The lowest BCUT2D eigenvalue weighted by molar-refractivity contribution is -0.137. The number of carbonyl (C=O) groups excluding carboxylic acids is 1. The van der Waals surface area contributed by atoms with E-state index in [1.807, 2.05) is 0 Å². The van der Waals surface area contributed by atoms with Gasteiger partial charge >= 0.3 is 6.18 Å². The van der Waals surface area contributed by atoms with Crippen molar-refractivity contribution < 1.29 is 18.0 Å². The second-order valence-corrected chi connectivity index (χ2v) is 4.72. The molecule has 0 amide bonds. The Morgan fingerprint density at radius 1 is 1.36 bits per heavy atom. The van der Waals surface area contributed by atoms with Crippen LogP contribution in [0.4, 0.5) is 13.2 Å². The van der Waals surface area contributed by atoms with Crippen LogP contribution in [0.5, 0.6) is 0 Å². The van der Waals surface area contributed by atoms with Gasteiger partial charge in [0.1, 0.15) is 0 Å². The van der Waals surface area contributed by atoms with Crippen LogP contribution in [0.15, 0.2) is 24.3 Å². The first-order chi connectivity index (χ1) is 10.3. The smallest absolute Gasteiger partial charge is 0.295 e. The average Bonchev–Trinajstić information content (AvgIpc) is 2.81. The zero-order chi connectivity index (χ0) is 16.3. The van der Waals surface area contributed by atoms with Crippen molar-refractivity contribution in [3.63, 3.8) is 0 Å². The fourth-order valence-corrected chi connectivity index (χ4v) is 1.83. The second-order valence-electron chi connectivity index (χ2n) is 4.72. The molecule has 0 saturated heterocycles. The summed E-state index contributed by atoms with van der Waals surface area (Å²) in [5.74, 6) is 0.230. The Morgan fingerprint density at radius 2 is 2.09 bits per heavy atom. The molecular formula is C14H13F3N4O. The lowest BCUT2D eigenvalue weighted by Gasteiger charge is -2.11. The maximum absolute atomic E-state index is 12.8. The normalized spacial score (nSPS) is 12.0. The van der Waals surface area contributed by atoms with Crippen molar-refractivity contribution in [2.24, 2.45) is 0 Å². The molecule has 5 nitrogen and oxygen atoms in total. The van der Waals surface area contributed by atoms with E-state index in [0.29, 0.717) is 17.0 Å². The number of rotatable bonds is 4. The molecule has 0 unspecified atom stereocenters. The van der Waals surface area contributed by atoms with Gasteiger partial charge in [-0.25, -0.2) is 0 Å². The largest absolute Gasteiger partial charge is 0.416 e. The summed E-state index contributed by atoms with van der Waals surface area (Å²) in [6.45, 7) is 3.02. The predicted octanol–water partition coefficient (Wildman–Crippen LogP) is 2.65. The number of halogens is 3. The van der Waals surface area contributed by atoms with Crippen LogP contribution in [0.1, 0.15) is 29.4 Å². The third kappa shape index (κ3) is 4.00. The third-order valence-corrected chi connectivity index (χ3v) is 2.83. The van der Waals surface area contributed by atoms with Crippen molar-refractivity contribution in [3.05, 3.63) is 46.8 Å². The zero-order valence-corrected chi connectivity index (χ0v) is 11.9. The number of hydrogen-bond acceptors (Lipinski definition) is 4. The molecule has 2 rings (SSSR count). The Kier molecular flexibility index (Phi) is 4.39. The predicted molar refractivity (Wildman–Crippen MR) is 72.8 cm³/mol. The Balaban J connectivity index is 2.42. The highest BCUT2D eigenvalue weighted by Gasteiger charge is 2.30. The number of benzene rings is 1. The van der Waals surface area contributed by atoms with Gasteiger partial charge in [0.2, 0.25) is 0 Å². The van der Waals surface area contributed by atoms with Gasteiger partial charge in [-0.15, -0.1) is 10.2 Å². The summed E-state index contributed by atoms with van der Waals surface area (Å²) in [6.07, 6.45) is -1.67. The van der Waals surface area contributed by atoms with Crippen molar-refractivity contribution in [1.82, 2.24) is 20.2 Å². The fraction of sp³-hybridized carbons (Fsp3) is 0.286. The van der Waals surface area contributed by atoms with Crippen LogP contribution in [-0.4, -0.2) is 26.0 Å². The molecule has 0 spiro atoms. The summed E-state index contributed by atoms with van der Waals surface area (Å²) in [6, 6.07) is 3.32. The summed E-state index contributed by atoms with van der Waals surface area (Å²) >= 11 is 0. The van der Waals surface area contributed by atoms with E-state index in [1.165, 1.54) is 29.9 Å². The minimum Gasteiger partial charge on any atom is -0.295 e. The van der Waals surface area contributed by atoms with Crippen LogP contribution in [0.3, 0.4) is 0 Å². The van der Waals surface area contributed by atoms with Gasteiger partial charge in [0.05, 0.1) is 12.1 Å². The van der Waals surface area contributed by atoms with Crippen molar-refractivity contribution in [1.29, 1.82) is 0 Å². The Labute approximate surface area is 124 Å². The van der Waals surface area contributed by atoms with Crippen molar-refractivity contribution in [2.75, 3.05) is 0 Å². The number of carbonyl (C=O) groups is 1. The Bertz CT molecular complexity index is 719. The van der Waals surface area contributed by atoms with Gasteiger partial charge in [0.15, 0.2) is 11.6 Å². The molecule has 2 aromatic rings. The van der Waals surface area contributed by atoms with Crippen LogP contribution in [-0.2, 0) is 17.5 Å². The molecule has 0 aliphatic rings. The summed E-state index contributed by atoms with van der Waals surface area (Å²) in [4.78, 5) is 12.2. The van der Waals surface area contributed by atoms with E-state index in [1.54, 1.807) is 6.92 Å². The quantitative estimate of drug-likeness (QED) is 0.815. The number of allylic oxidation sites excluding steroid dienone is 1. The van der Waals surface area contributed by atoms with E-state index in [9.17, 15) is 18.0 Å². The van der Waals surface area contributed by atoms with Crippen LogP contribution in [0.25, 0.3) is 6.08 Å². The zero-order valence-electron chi connectivity index (χ0n) is 11.9. The molecule has 1 heterocycles. The minimum absolute atomic E-state index is 0.0301. The summed E-state index contributed by atoms with van der Waals surface area (Å²) < 4.78 is 38.5. The van der Waals surface area contributed by atoms with E-state index in [-0.39, 0.29) is 12.3 Å². The third-order valence-electron chi connectivity index (χ3n) is 2.83. The molecule has 0 fully saturated rings. The van der Waals surface area contributed by atoms with Gasteiger partial charge in [0.25, 0.3) is 0 Å². The first-order valence-electron chi connectivity index (χ1n) is 6.39. The van der Waals surface area contributed by atoms with Gasteiger partial charge in [0, 0.05) is 0 Å². The van der Waals surface area contributed by atoms with Gasteiger partial charge in [-0.1, -0.05) is 12.1 Å². The highest BCUT2D eigenvalue weighted by molar-refractivity contribution is 5.91. The maximum atomic E-state index is 12.8. The summed E-state index contributed by atoms with van der Waals surface area (Å²) in [5, 5.41) is 11.4. The van der Waals surface area contributed by atoms with Gasteiger partial charge in [-0.3, -0.25) is 4.79 Å². The molecule has 1 aromatic carbocycles. The first-order valence-corrected chi connectivity index (χ1v) is 6.39. The average molecular weight is 310 g/mol. The van der Waals surface area contributed by atoms with E-state index in [2.05, 4.69) is 15.4 Å². The number of hydrogen-bond donors (Lipinski definition) is 0. The molecule has 0 saturated carbocycles. The number of alkyl halides is 3. The van der Waals surface area contributed by atoms with Crippen molar-refractivity contribution in [3.8, 4) is 0 Å². The molecule has 0 aliphatic heterocycles. The van der Waals surface area contributed by atoms with Gasteiger partial charge in [-0.2, -0.15) is 18.0 Å². The van der Waals surface area contributed by atoms with Crippen molar-refractivity contribution >= 4 is 11.9 Å². The van der Waals surface area contributed by atoms with Crippen LogP contribution < -0.4 is 0 Å². The highest BCUT2D eigenvalue weighted by atomic mass is 19.4. The SMILES string of the molecule is CC(=O)C=Cc1ccc(C(F)(F)F)cc1Cn1nnc(C)n1. The second kappa shape index (κ2) is 6.08. The number of ketones is 1. The molecule has 0 aliphatic carbocycles. The molecule has 116 valence electrons. The standard InChI is InChI=1S/C14H13F3N4O/c1-9(22)3-4-11-5-6-13(14(15,16)17)7-12(11)8-21-19-10(2)18-20-21/h3-7H,8H2,1-2H3. The monoisotopic (exact) mass is 310 g/mol. The molecule has 22 heavy (non-hydrogen) atoms. The van der Waals surface area contributed by atoms with Crippen LogP contribution in [0, 0.1) is 6.92 Å². The number of nitrogens with zero attached hydrogens (tertiary/aromatic N) is 4. The molecule has 0 radical (unpaired) electrons. The molecule has 0 N–H and O–H groups in total. The van der Waals surface area contributed by atoms with Crippen LogP contribution in [0.2, 0.25) is 0 Å². The molecular weight excluding hydrogens is 297 g/mol. The molecule has 0 bridgehead atoms. The Hall–Kier alpha value is -2.51. The van der Waals surface area contributed by atoms with Crippen molar-refractivity contribution in [2.45, 2.75) is 26.6 Å². The van der Waals surface area contributed by atoms with Gasteiger partial charge in [-0.05, 0) is 48.4 Å². The molecule has 1 aromatic heterocycles. The fourth-order valence-electron chi connectivity index (χ4n) is 1.83. The lowest BCUT2D eigenvalue weighted by Crippen LogP contribution is -2.10. The van der Waals surface area contributed by atoms with E-state index in [4.69, 9.17) is 0 Å². The van der Waals surface area contributed by atoms with Crippen LogP contribution >= 0.6 is 0 Å². The minimum atomic E-state index is -4.44. The topological polar surface area (TPSA) is 60.7 Å². The first kappa shape index (κ1) is 15.9. The lowest BCUT2D eigenvalue weighted by atomic mass is 10.0. The highest BCUT2D eigenvalue weighted by Crippen LogP contribution is 2.31. The van der Waals surface area contributed by atoms with E-state index >= 15 is 0 Å². The maximum Gasteiger partial charge on any atom is 0.416 e. The van der Waals surface area contributed by atoms with Gasteiger partial charge < -0.3 is 0 Å². The summed E-state index contributed by atoms with van der Waals surface area (Å²) in [5.41, 5.74) is 0.0854. The van der Waals surface area contributed by atoms with E-state index in [0.717, 1.165) is 12.1 Å². The summed E-state index contributed by atoms with van der Waals surface area (Å²) in [7, 11) is 0. The number of aromatic nitrogens is 4. The Morgan fingerprint density at radius 3 is 2.64 bits per heavy atom. The molecule has 8 heteroatoms. The number of aryl methyl sites for hydroxylation is 1. The van der Waals surface area contributed by atoms with E-state index < -0.39 is 11.7 Å².